The molecule has 3 heteroatoms. The van der Waals surface area contributed by atoms with E-state index in [0.29, 0.717) is 6.04 Å². The summed E-state index contributed by atoms with van der Waals surface area (Å²) >= 11 is 0. The van der Waals surface area contributed by atoms with Crippen LogP contribution >= 0.6 is 0 Å². The smallest absolute Gasteiger partial charge is 0.121 e. The number of aryl methyl sites for hydroxylation is 1. The minimum absolute atomic E-state index is 0.366. The molecule has 0 amide bonds. The number of furan rings is 1. The SMILES string of the molecule is Cc1ccc(C(C)N(C)CC2CCCNC2)o1. The Morgan fingerprint density at radius 3 is 2.94 bits per heavy atom. The maximum Gasteiger partial charge on any atom is 0.121 e. The molecular weight excluding hydrogens is 212 g/mol. The van der Waals surface area contributed by atoms with E-state index >= 15 is 0 Å². The Labute approximate surface area is 104 Å². The average Bonchev–Trinajstić information content (AvgIpc) is 2.76. The standard InChI is InChI=1S/C14H24N2O/c1-11-6-7-14(17-11)12(2)16(3)10-13-5-4-8-15-9-13/h6-7,12-13,15H,4-5,8-10H2,1-3H3. The fraction of sp³-hybridized carbons (Fsp3) is 0.714. The molecular formula is C14H24N2O. The van der Waals surface area contributed by atoms with Gasteiger partial charge in [0.1, 0.15) is 11.5 Å². The molecule has 96 valence electrons. The van der Waals surface area contributed by atoms with Gasteiger partial charge in [-0.1, -0.05) is 0 Å². The lowest BCUT2D eigenvalue weighted by Gasteiger charge is -2.30. The second-order valence-corrected chi connectivity index (χ2v) is 5.28. The second kappa shape index (κ2) is 5.69. The minimum Gasteiger partial charge on any atom is -0.465 e. The van der Waals surface area contributed by atoms with Crippen molar-refractivity contribution < 1.29 is 4.42 Å². The first-order valence-electron chi connectivity index (χ1n) is 6.64. The molecule has 0 aromatic carbocycles. The van der Waals surface area contributed by atoms with E-state index in [0.717, 1.165) is 30.5 Å². The topological polar surface area (TPSA) is 28.4 Å². The van der Waals surface area contributed by atoms with Gasteiger partial charge in [-0.2, -0.15) is 0 Å². The number of hydrogen-bond acceptors (Lipinski definition) is 3. The van der Waals surface area contributed by atoms with Gasteiger partial charge in [-0.05, 0) is 64.9 Å². The lowest BCUT2D eigenvalue weighted by atomic mass is 9.98. The van der Waals surface area contributed by atoms with Gasteiger partial charge in [-0.3, -0.25) is 4.90 Å². The van der Waals surface area contributed by atoms with Crippen LogP contribution in [-0.2, 0) is 0 Å². The molecule has 2 rings (SSSR count). The molecule has 1 N–H and O–H groups in total. The summed E-state index contributed by atoms with van der Waals surface area (Å²) in [6.07, 6.45) is 2.66. The Kier molecular flexibility index (Phi) is 4.24. The molecule has 2 unspecified atom stereocenters. The predicted octanol–water partition coefficient (Wildman–Crippen LogP) is 2.58. The van der Waals surface area contributed by atoms with Gasteiger partial charge in [0.05, 0.1) is 6.04 Å². The summed E-state index contributed by atoms with van der Waals surface area (Å²) < 4.78 is 5.70. The number of piperidine rings is 1. The van der Waals surface area contributed by atoms with Crippen LogP contribution in [0.25, 0.3) is 0 Å². The monoisotopic (exact) mass is 236 g/mol. The second-order valence-electron chi connectivity index (χ2n) is 5.28. The van der Waals surface area contributed by atoms with Gasteiger partial charge < -0.3 is 9.73 Å². The largest absolute Gasteiger partial charge is 0.465 e. The summed E-state index contributed by atoms with van der Waals surface area (Å²) in [5, 5.41) is 3.47. The highest BCUT2D eigenvalue weighted by Gasteiger charge is 2.20. The van der Waals surface area contributed by atoms with Crippen LogP contribution in [0, 0.1) is 12.8 Å². The van der Waals surface area contributed by atoms with E-state index in [9.17, 15) is 0 Å². The zero-order chi connectivity index (χ0) is 12.3. The van der Waals surface area contributed by atoms with Crippen molar-refractivity contribution >= 4 is 0 Å². The van der Waals surface area contributed by atoms with Gasteiger partial charge in [0.15, 0.2) is 0 Å². The summed E-state index contributed by atoms with van der Waals surface area (Å²) in [5.41, 5.74) is 0. The highest BCUT2D eigenvalue weighted by molar-refractivity contribution is 5.09. The van der Waals surface area contributed by atoms with Crippen molar-refractivity contribution in [1.29, 1.82) is 0 Å². The van der Waals surface area contributed by atoms with E-state index in [-0.39, 0.29) is 0 Å². The van der Waals surface area contributed by atoms with Crippen LogP contribution in [0.15, 0.2) is 16.5 Å². The molecule has 0 spiro atoms. The Morgan fingerprint density at radius 2 is 2.35 bits per heavy atom. The van der Waals surface area contributed by atoms with Gasteiger partial charge >= 0.3 is 0 Å². The van der Waals surface area contributed by atoms with Crippen LogP contribution in [-0.4, -0.2) is 31.6 Å². The van der Waals surface area contributed by atoms with E-state index in [1.54, 1.807) is 0 Å². The zero-order valence-electron chi connectivity index (χ0n) is 11.2. The van der Waals surface area contributed by atoms with Gasteiger partial charge in [0.25, 0.3) is 0 Å². The van der Waals surface area contributed by atoms with Crippen LogP contribution in [0.3, 0.4) is 0 Å². The Bertz CT molecular complexity index is 342. The molecule has 1 saturated heterocycles. The number of nitrogens with zero attached hydrogens (tertiary/aromatic N) is 1. The van der Waals surface area contributed by atoms with Crippen molar-refractivity contribution in [2.75, 3.05) is 26.7 Å². The molecule has 0 radical (unpaired) electrons. The van der Waals surface area contributed by atoms with Crippen molar-refractivity contribution in [2.45, 2.75) is 32.7 Å². The van der Waals surface area contributed by atoms with Crippen LogP contribution < -0.4 is 5.32 Å². The lowest BCUT2D eigenvalue weighted by molar-refractivity contribution is 0.181. The molecule has 1 fully saturated rings. The van der Waals surface area contributed by atoms with Gasteiger partial charge in [-0.25, -0.2) is 0 Å². The van der Waals surface area contributed by atoms with Gasteiger partial charge in [0, 0.05) is 6.54 Å². The van der Waals surface area contributed by atoms with Crippen molar-refractivity contribution in [3.8, 4) is 0 Å². The first-order chi connectivity index (χ1) is 8.16. The van der Waals surface area contributed by atoms with Crippen molar-refractivity contribution in [2.24, 2.45) is 5.92 Å². The van der Waals surface area contributed by atoms with E-state index in [1.807, 2.05) is 13.0 Å². The summed E-state index contributed by atoms with van der Waals surface area (Å²) in [6.45, 7) is 7.71. The van der Waals surface area contributed by atoms with Crippen molar-refractivity contribution in [3.05, 3.63) is 23.7 Å². The summed E-state index contributed by atoms with van der Waals surface area (Å²) in [4.78, 5) is 2.40. The lowest BCUT2D eigenvalue weighted by Crippen LogP contribution is -2.37. The Hall–Kier alpha value is -0.800. The average molecular weight is 236 g/mol. The molecule has 1 aromatic rings. The first kappa shape index (κ1) is 12.7. The number of nitrogens with one attached hydrogen (secondary N) is 1. The zero-order valence-corrected chi connectivity index (χ0v) is 11.2. The van der Waals surface area contributed by atoms with Crippen molar-refractivity contribution in [3.63, 3.8) is 0 Å². The third-order valence-electron chi connectivity index (χ3n) is 3.78. The molecule has 2 heterocycles. The molecule has 1 aliphatic rings. The molecule has 3 nitrogen and oxygen atoms in total. The fourth-order valence-corrected chi connectivity index (χ4v) is 2.54. The number of rotatable bonds is 4. The quantitative estimate of drug-likeness (QED) is 0.871. The molecule has 1 aromatic heterocycles. The summed E-state index contributed by atoms with van der Waals surface area (Å²) in [5.74, 6) is 2.86. The summed E-state index contributed by atoms with van der Waals surface area (Å²) in [6, 6.07) is 4.50. The predicted molar refractivity (Wildman–Crippen MR) is 70.1 cm³/mol. The highest BCUT2D eigenvalue weighted by atomic mass is 16.3. The van der Waals surface area contributed by atoms with Crippen LogP contribution in [0.1, 0.15) is 37.3 Å². The van der Waals surface area contributed by atoms with E-state index in [1.165, 1.54) is 19.4 Å². The fourth-order valence-electron chi connectivity index (χ4n) is 2.54. The molecule has 0 aliphatic carbocycles. The third kappa shape index (κ3) is 3.33. The van der Waals surface area contributed by atoms with E-state index in [2.05, 4.69) is 30.3 Å². The molecule has 0 bridgehead atoms. The first-order valence-corrected chi connectivity index (χ1v) is 6.64. The summed E-state index contributed by atoms with van der Waals surface area (Å²) in [7, 11) is 2.19. The maximum atomic E-state index is 5.70. The van der Waals surface area contributed by atoms with Crippen LogP contribution in [0.5, 0.6) is 0 Å². The highest BCUT2D eigenvalue weighted by Crippen LogP contribution is 2.23. The maximum absolute atomic E-state index is 5.70. The van der Waals surface area contributed by atoms with Gasteiger partial charge in [0.2, 0.25) is 0 Å². The number of hydrogen-bond donors (Lipinski definition) is 1. The van der Waals surface area contributed by atoms with Crippen molar-refractivity contribution in [1.82, 2.24) is 10.2 Å². The van der Waals surface area contributed by atoms with E-state index in [4.69, 9.17) is 4.42 Å². The van der Waals surface area contributed by atoms with E-state index < -0.39 is 0 Å². The molecule has 1 aliphatic heterocycles. The molecule has 0 saturated carbocycles. The third-order valence-corrected chi connectivity index (χ3v) is 3.78. The van der Waals surface area contributed by atoms with Crippen LogP contribution in [0.4, 0.5) is 0 Å². The van der Waals surface area contributed by atoms with Gasteiger partial charge in [-0.15, -0.1) is 0 Å². The minimum atomic E-state index is 0.366. The Morgan fingerprint density at radius 1 is 1.53 bits per heavy atom. The Balaban J connectivity index is 1.88. The molecule has 2 atom stereocenters. The van der Waals surface area contributed by atoms with Crippen LogP contribution in [0.2, 0.25) is 0 Å². The molecule has 17 heavy (non-hydrogen) atoms. The normalized spacial score (nSPS) is 22.9.